The minimum absolute atomic E-state index is 0.0546. The van der Waals surface area contributed by atoms with Gasteiger partial charge in [0, 0.05) is 6.08 Å². The smallest absolute Gasteiger partial charge is 0.279 e. The summed E-state index contributed by atoms with van der Waals surface area (Å²) in [5.41, 5.74) is 5.06. The first-order chi connectivity index (χ1) is 12.4. The van der Waals surface area contributed by atoms with Crippen molar-refractivity contribution in [2.24, 2.45) is 0 Å². The molecule has 2 aromatic rings. The molecule has 0 heterocycles. The highest BCUT2D eigenvalue weighted by molar-refractivity contribution is 6.42. The van der Waals surface area contributed by atoms with Gasteiger partial charge in [0.25, 0.3) is 11.8 Å². The van der Waals surface area contributed by atoms with Crippen molar-refractivity contribution in [2.75, 3.05) is 0 Å². The normalized spacial score (nSPS) is 11.8. The second-order valence-electron chi connectivity index (χ2n) is 5.18. The van der Waals surface area contributed by atoms with Gasteiger partial charge in [-0.25, -0.2) is 4.39 Å². The van der Waals surface area contributed by atoms with Crippen LogP contribution in [0, 0.1) is 5.82 Å². The molecule has 0 aliphatic rings. The second-order valence-corrected chi connectivity index (χ2v) is 5.99. The van der Waals surface area contributed by atoms with Crippen LogP contribution in [0.2, 0.25) is 10.0 Å². The van der Waals surface area contributed by atoms with Gasteiger partial charge in [0.1, 0.15) is 0 Å². The molecule has 2 aromatic carbocycles. The van der Waals surface area contributed by atoms with Crippen LogP contribution in [0.5, 0.6) is 5.75 Å². The lowest BCUT2D eigenvalue weighted by molar-refractivity contribution is -0.131. The molecule has 0 bridgehead atoms. The molecule has 2 N–H and O–H groups in total. The largest absolute Gasteiger partial charge is 0.478 e. The maximum Gasteiger partial charge on any atom is 0.279 e. The van der Waals surface area contributed by atoms with Gasteiger partial charge in [-0.2, -0.15) is 0 Å². The average Bonchev–Trinajstić information content (AvgIpc) is 2.62. The van der Waals surface area contributed by atoms with E-state index in [0.29, 0.717) is 15.6 Å². The van der Waals surface area contributed by atoms with E-state index in [-0.39, 0.29) is 5.75 Å². The fourth-order valence-electron chi connectivity index (χ4n) is 1.84. The van der Waals surface area contributed by atoms with Crippen molar-refractivity contribution >= 4 is 41.1 Å². The van der Waals surface area contributed by atoms with Crippen LogP contribution in [0.25, 0.3) is 6.08 Å². The molecular formula is C18H15Cl2FN2O3. The Hall–Kier alpha value is -2.57. The summed E-state index contributed by atoms with van der Waals surface area (Å²) in [6.45, 7) is 1.43. The van der Waals surface area contributed by atoms with Crippen molar-refractivity contribution in [1.82, 2.24) is 10.9 Å². The highest BCUT2D eigenvalue weighted by Gasteiger charge is 2.16. The van der Waals surface area contributed by atoms with Crippen molar-refractivity contribution in [3.8, 4) is 5.75 Å². The minimum atomic E-state index is -1.01. The number of para-hydroxylation sites is 1. The third-order valence-corrected chi connectivity index (χ3v) is 3.93. The van der Waals surface area contributed by atoms with Crippen LogP contribution in [0.3, 0.4) is 0 Å². The quantitative estimate of drug-likeness (QED) is 0.597. The van der Waals surface area contributed by atoms with Gasteiger partial charge in [0.05, 0.1) is 10.0 Å². The lowest BCUT2D eigenvalue weighted by Gasteiger charge is -2.15. The van der Waals surface area contributed by atoms with Gasteiger partial charge in [0.15, 0.2) is 17.7 Å². The number of carbonyl (C=O) groups excluding carboxylic acids is 2. The summed E-state index contributed by atoms with van der Waals surface area (Å²) >= 11 is 11.7. The summed E-state index contributed by atoms with van der Waals surface area (Å²) in [4.78, 5) is 23.6. The maximum atomic E-state index is 13.5. The third kappa shape index (κ3) is 5.75. The zero-order valence-corrected chi connectivity index (χ0v) is 15.1. The molecule has 5 nitrogen and oxygen atoms in total. The molecule has 0 aliphatic heterocycles. The Morgan fingerprint density at radius 2 is 1.85 bits per heavy atom. The molecule has 0 saturated heterocycles. The van der Waals surface area contributed by atoms with Crippen LogP contribution in [-0.4, -0.2) is 17.9 Å². The molecule has 0 aromatic heterocycles. The molecule has 0 spiro atoms. The number of hydrogen-bond acceptors (Lipinski definition) is 3. The van der Waals surface area contributed by atoms with Crippen LogP contribution < -0.4 is 15.6 Å². The molecule has 1 unspecified atom stereocenters. The predicted molar refractivity (Wildman–Crippen MR) is 98.3 cm³/mol. The van der Waals surface area contributed by atoms with E-state index in [4.69, 9.17) is 27.9 Å². The molecule has 0 radical (unpaired) electrons. The van der Waals surface area contributed by atoms with Crippen molar-refractivity contribution < 1.29 is 18.7 Å². The SMILES string of the molecule is CC(Oc1ccccc1F)C(=O)NNC(=O)C=Cc1ccc(Cl)c(Cl)c1. The zero-order chi connectivity index (χ0) is 19.1. The maximum absolute atomic E-state index is 13.5. The van der Waals surface area contributed by atoms with E-state index in [1.165, 1.54) is 37.3 Å². The number of hydrazine groups is 1. The second kappa shape index (κ2) is 9.22. The molecular weight excluding hydrogens is 382 g/mol. The first-order valence-electron chi connectivity index (χ1n) is 7.51. The number of amides is 2. The Morgan fingerprint density at radius 3 is 2.54 bits per heavy atom. The van der Waals surface area contributed by atoms with Gasteiger partial charge in [-0.05, 0) is 42.8 Å². The van der Waals surface area contributed by atoms with Gasteiger partial charge in [-0.15, -0.1) is 0 Å². The third-order valence-electron chi connectivity index (χ3n) is 3.19. The summed E-state index contributed by atoms with van der Waals surface area (Å²) < 4.78 is 18.7. The van der Waals surface area contributed by atoms with E-state index in [1.807, 2.05) is 0 Å². The van der Waals surface area contributed by atoms with E-state index >= 15 is 0 Å². The molecule has 1 atom stereocenters. The van der Waals surface area contributed by atoms with Crippen LogP contribution >= 0.6 is 23.2 Å². The Labute approximate surface area is 159 Å². The van der Waals surface area contributed by atoms with Crippen LogP contribution in [0.4, 0.5) is 4.39 Å². The van der Waals surface area contributed by atoms with E-state index in [1.54, 1.807) is 24.3 Å². The highest BCUT2D eigenvalue weighted by atomic mass is 35.5. The minimum Gasteiger partial charge on any atom is -0.478 e. The summed E-state index contributed by atoms with van der Waals surface area (Å²) in [5, 5.41) is 0.769. The van der Waals surface area contributed by atoms with Crippen LogP contribution in [0.15, 0.2) is 48.5 Å². The number of benzene rings is 2. The van der Waals surface area contributed by atoms with E-state index < -0.39 is 23.7 Å². The molecule has 2 rings (SSSR count). The Balaban J connectivity index is 1.84. The summed E-state index contributed by atoms with van der Waals surface area (Å²) in [5.74, 6) is -1.84. The lowest BCUT2D eigenvalue weighted by Crippen LogP contribution is -2.46. The molecule has 136 valence electrons. The average molecular weight is 397 g/mol. The Bertz CT molecular complexity index is 843. The number of halogens is 3. The molecule has 0 saturated carbocycles. The molecule has 8 heteroatoms. The standard InChI is InChI=1S/C18H15Cl2FN2O3/c1-11(26-16-5-3-2-4-15(16)21)18(25)23-22-17(24)9-7-12-6-8-13(19)14(20)10-12/h2-11H,1H3,(H,22,24)(H,23,25). The number of nitrogens with one attached hydrogen (secondary N) is 2. The summed E-state index contributed by atoms with van der Waals surface area (Å²) in [6, 6.07) is 10.6. The number of rotatable bonds is 5. The van der Waals surface area contributed by atoms with Crippen molar-refractivity contribution in [1.29, 1.82) is 0 Å². The number of carbonyl (C=O) groups is 2. The molecule has 26 heavy (non-hydrogen) atoms. The fourth-order valence-corrected chi connectivity index (χ4v) is 2.15. The van der Waals surface area contributed by atoms with Gasteiger partial charge >= 0.3 is 0 Å². The monoisotopic (exact) mass is 396 g/mol. The van der Waals surface area contributed by atoms with Gasteiger partial charge in [-0.3, -0.25) is 20.4 Å². The molecule has 0 aliphatic carbocycles. The van der Waals surface area contributed by atoms with Gasteiger partial charge in [-0.1, -0.05) is 41.4 Å². The van der Waals surface area contributed by atoms with E-state index in [2.05, 4.69) is 10.9 Å². The number of ether oxygens (including phenoxy) is 1. The van der Waals surface area contributed by atoms with Gasteiger partial charge < -0.3 is 4.74 Å². The Kier molecular flexibility index (Phi) is 7.00. The summed E-state index contributed by atoms with van der Waals surface area (Å²) in [7, 11) is 0. The van der Waals surface area contributed by atoms with Gasteiger partial charge in [0.2, 0.25) is 0 Å². The van der Waals surface area contributed by atoms with E-state index in [0.717, 1.165) is 0 Å². The first-order valence-corrected chi connectivity index (χ1v) is 8.26. The first kappa shape index (κ1) is 19.8. The topological polar surface area (TPSA) is 67.4 Å². The van der Waals surface area contributed by atoms with E-state index in [9.17, 15) is 14.0 Å². The van der Waals surface area contributed by atoms with Crippen LogP contribution in [0.1, 0.15) is 12.5 Å². The van der Waals surface area contributed by atoms with Crippen molar-refractivity contribution in [2.45, 2.75) is 13.0 Å². The van der Waals surface area contributed by atoms with Crippen LogP contribution in [-0.2, 0) is 9.59 Å². The Morgan fingerprint density at radius 1 is 1.12 bits per heavy atom. The van der Waals surface area contributed by atoms with Crippen molar-refractivity contribution in [3.63, 3.8) is 0 Å². The number of hydrogen-bond donors (Lipinski definition) is 2. The molecule has 2 amide bonds. The fraction of sp³-hybridized carbons (Fsp3) is 0.111. The lowest BCUT2D eigenvalue weighted by atomic mass is 10.2. The predicted octanol–water partition coefficient (Wildman–Crippen LogP) is 3.76. The zero-order valence-electron chi connectivity index (χ0n) is 13.6. The van der Waals surface area contributed by atoms with Crippen molar-refractivity contribution in [3.05, 3.63) is 70.0 Å². The summed E-state index contributed by atoms with van der Waals surface area (Å²) in [6.07, 6.45) is 1.71. The highest BCUT2D eigenvalue weighted by Crippen LogP contribution is 2.23. The molecule has 0 fully saturated rings.